The van der Waals surface area contributed by atoms with Gasteiger partial charge in [0.25, 0.3) is 0 Å². The summed E-state index contributed by atoms with van der Waals surface area (Å²) in [6.07, 6.45) is 3.63. The summed E-state index contributed by atoms with van der Waals surface area (Å²) >= 11 is 1.80. The molecule has 2 aromatic heterocycles. The van der Waals surface area contributed by atoms with Gasteiger partial charge in [0.15, 0.2) is 23.5 Å². The van der Waals surface area contributed by atoms with Gasteiger partial charge in [-0.1, -0.05) is 0 Å². The molecule has 6 atom stereocenters. The normalized spacial score (nSPS) is 34.0. The van der Waals surface area contributed by atoms with Gasteiger partial charge in [0.05, 0.1) is 19.5 Å². The number of methoxy groups -OCH3 is 1. The highest BCUT2D eigenvalue weighted by atomic mass is 32.2. The molecular formula is C20H28N6O5S. The molecule has 3 unspecified atom stereocenters. The number of esters is 1. The Morgan fingerprint density at radius 3 is 2.97 bits per heavy atom. The van der Waals surface area contributed by atoms with Gasteiger partial charge in [-0.2, -0.15) is 11.8 Å². The minimum absolute atomic E-state index is 0.181. The van der Waals surface area contributed by atoms with E-state index in [4.69, 9.17) is 24.7 Å². The number of nitrogen functional groups attached to an aromatic ring is 1. The van der Waals surface area contributed by atoms with Crippen molar-refractivity contribution in [3.63, 3.8) is 0 Å². The number of fused-ring (bicyclic) bond motifs is 2. The molecule has 3 saturated heterocycles. The maximum Gasteiger partial charge on any atom is 0.322 e. The van der Waals surface area contributed by atoms with Crippen molar-refractivity contribution in [3.05, 3.63) is 12.7 Å². The lowest BCUT2D eigenvalue weighted by Crippen LogP contribution is -2.45. The monoisotopic (exact) mass is 464 g/mol. The second-order valence-electron chi connectivity index (χ2n) is 8.72. The van der Waals surface area contributed by atoms with Crippen molar-refractivity contribution in [3.8, 4) is 0 Å². The van der Waals surface area contributed by atoms with E-state index >= 15 is 0 Å². The molecule has 0 aromatic carbocycles. The molecule has 3 N–H and O–H groups in total. The summed E-state index contributed by atoms with van der Waals surface area (Å²) < 4.78 is 25.6. The van der Waals surface area contributed by atoms with Crippen molar-refractivity contribution in [2.24, 2.45) is 0 Å². The minimum Gasteiger partial charge on any atom is -0.468 e. The number of carbonyl (C=O) groups is 1. The number of nitrogens with zero attached hydrogens (tertiary/aromatic N) is 4. The number of rotatable bonds is 5. The van der Waals surface area contributed by atoms with Crippen LogP contribution in [0, 0.1) is 0 Å². The topological polar surface area (TPSA) is 136 Å². The summed E-state index contributed by atoms with van der Waals surface area (Å²) in [5, 5.41) is 3.56. The number of hydrogen-bond donors (Lipinski definition) is 2. The zero-order valence-corrected chi connectivity index (χ0v) is 19.1. The number of aromatic nitrogens is 4. The number of carbonyl (C=O) groups excluding carboxylic acids is 1. The molecule has 5 rings (SSSR count). The molecule has 3 fully saturated rings. The van der Waals surface area contributed by atoms with Crippen LogP contribution in [0.15, 0.2) is 12.7 Å². The van der Waals surface area contributed by atoms with E-state index in [1.165, 1.54) is 13.4 Å². The Kier molecular flexibility index (Phi) is 5.74. The van der Waals surface area contributed by atoms with Crippen molar-refractivity contribution in [1.29, 1.82) is 0 Å². The predicted octanol–water partition coefficient (Wildman–Crippen LogP) is 0.853. The number of hydrogen-bond acceptors (Lipinski definition) is 11. The van der Waals surface area contributed by atoms with Crippen molar-refractivity contribution in [2.45, 2.75) is 68.3 Å². The molecule has 11 nitrogen and oxygen atoms in total. The second kappa shape index (κ2) is 8.41. The van der Waals surface area contributed by atoms with E-state index in [-0.39, 0.29) is 30.3 Å². The van der Waals surface area contributed by atoms with Crippen LogP contribution in [-0.4, -0.2) is 80.3 Å². The van der Waals surface area contributed by atoms with Crippen molar-refractivity contribution < 1.29 is 23.7 Å². The fourth-order valence-electron chi connectivity index (χ4n) is 4.66. The van der Waals surface area contributed by atoms with Gasteiger partial charge in [0, 0.05) is 11.0 Å². The molecule has 2 aromatic rings. The van der Waals surface area contributed by atoms with Gasteiger partial charge in [-0.25, -0.2) is 15.0 Å². The van der Waals surface area contributed by atoms with Gasteiger partial charge in [-0.3, -0.25) is 9.36 Å². The molecule has 0 amide bonds. The Morgan fingerprint density at radius 1 is 1.34 bits per heavy atom. The van der Waals surface area contributed by atoms with E-state index in [2.05, 4.69) is 20.3 Å². The Labute approximate surface area is 189 Å². The van der Waals surface area contributed by atoms with Crippen LogP contribution in [0.1, 0.15) is 32.9 Å². The van der Waals surface area contributed by atoms with Gasteiger partial charge in [0.1, 0.15) is 30.1 Å². The van der Waals surface area contributed by atoms with E-state index < -0.39 is 12.0 Å². The minimum atomic E-state index is -0.713. The maximum atomic E-state index is 11.9. The average Bonchev–Trinajstić information content (AvgIpc) is 3.43. The summed E-state index contributed by atoms with van der Waals surface area (Å²) in [4.78, 5) is 24.6. The van der Waals surface area contributed by atoms with E-state index in [0.29, 0.717) is 22.2 Å². The standard InChI is InChI=1S/C20H28N6O5S/c1-20(2)30-14-12(7-32-10-4-5-22-11(6-10)19(27)28-3)29-18(15(14)31-20)26-9-25-13-16(21)23-8-24-17(13)26/h8-12,14-15,18,22H,4-7H2,1-3H3,(H2,21,23,24)/t10?,11?,12-,14?,15+,18-/m1/s1. The van der Waals surface area contributed by atoms with Crippen molar-refractivity contribution in [2.75, 3.05) is 25.1 Å². The van der Waals surface area contributed by atoms with Crippen LogP contribution in [0.4, 0.5) is 5.82 Å². The van der Waals surface area contributed by atoms with Gasteiger partial charge >= 0.3 is 5.97 Å². The number of piperidine rings is 1. The van der Waals surface area contributed by atoms with E-state index in [0.717, 1.165) is 25.1 Å². The molecule has 0 aliphatic carbocycles. The quantitative estimate of drug-likeness (QED) is 0.610. The first kappa shape index (κ1) is 21.8. The van der Waals surface area contributed by atoms with Crippen LogP contribution in [0.3, 0.4) is 0 Å². The van der Waals surface area contributed by atoms with E-state index in [1.54, 1.807) is 18.1 Å². The summed E-state index contributed by atoms with van der Waals surface area (Å²) in [7, 11) is 1.42. The number of anilines is 1. The molecule has 0 bridgehead atoms. The zero-order chi connectivity index (χ0) is 22.5. The first-order valence-electron chi connectivity index (χ1n) is 10.7. The lowest BCUT2D eigenvalue weighted by atomic mass is 10.0. The lowest BCUT2D eigenvalue weighted by molar-refractivity contribution is -0.193. The van der Waals surface area contributed by atoms with Crippen LogP contribution < -0.4 is 11.1 Å². The molecule has 0 radical (unpaired) electrons. The smallest absolute Gasteiger partial charge is 0.322 e. The molecule has 0 saturated carbocycles. The van der Waals surface area contributed by atoms with Gasteiger partial charge < -0.3 is 30.0 Å². The summed E-state index contributed by atoms with van der Waals surface area (Å²) in [5.74, 6) is 0.120. The zero-order valence-electron chi connectivity index (χ0n) is 18.3. The Balaban J connectivity index is 1.33. The summed E-state index contributed by atoms with van der Waals surface area (Å²) in [6, 6.07) is -0.260. The lowest BCUT2D eigenvalue weighted by Gasteiger charge is -2.29. The fourth-order valence-corrected chi connectivity index (χ4v) is 6.00. The number of thioether (sulfide) groups is 1. The van der Waals surface area contributed by atoms with Crippen molar-refractivity contribution >= 4 is 34.7 Å². The van der Waals surface area contributed by atoms with Crippen LogP contribution in [-0.2, 0) is 23.7 Å². The molecule has 5 heterocycles. The Morgan fingerprint density at radius 2 is 2.16 bits per heavy atom. The first-order valence-corrected chi connectivity index (χ1v) is 11.8. The summed E-state index contributed by atoms with van der Waals surface area (Å²) in [6.45, 7) is 4.60. The van der Waals surface area contributed by atoms with Gasteiger partial charge in [-0.15, -0.1) is 0 Å². The van der Waals surface area contributed by atoms with Gasteiger partial charge in [0.2, 0.25) is 0 Å². The molecular weight excluding hydrogens is 436 g/mol. The maximum absolute atomic E-state index is 11.9. The highest BCUT2D eigenvalue weighted by Crippen LogP contribution is 2.45. The number of nitrogens with two attached hydrogens (primary N) is 1. The molecule has 3 aliphatic heterocycles. The third-order valence-corrected chi connectivity index (χ3v) is 7.54. The molecule has 32 heavy (non-hydrogen) atoms. The third-order valence-electron chi connectivity index (χ3n) is 6.12. The third kappa shape index (κ3) is 3.94. The number of imidazole rings is 1. The number of ether oxygens (including phenoxy) is 4. The molecule has 174 valence electrons. The molecule has 0 spiro atoms. The Bertz CT molecular complexity index is 1000. The van der Waals surface area contributed by atoms with Crippen LogP contribution in [0.25, 0.3) is 11.2 Å². The number of nitrogens with one attached hydrogen (secondary N) is 1. The Hall–Kier alpha value is -1.99. The van der Waals surface area contributed by atoms with E-state index in [9.17, 15) is 4.79 Å². The second-order valence-corrected chi connectivity index (χ2v) is 10.1. The molecule has 12 heteroatoms. The fraction of sp³-hybridized carbons (Fsp3) is 0.700. The first-order chi connectivity index (χ1) is 15.4. The SMILES string of the molecule is COC(=O)C1CC(SC[C@H]2O[C@@H](n3cnc4c(N)ncnc43)[C@H]3OC(C)(C)OC23)CCN1. The highest BCUT2D eigenvalue weighted by Gasteiger charge is 2.56. The average molecular weight is 465 g/mol. The van der Waals surface area contributed by atoms with Crippen LogP contribution >= 0.6 is 11.8 Å². The van der Waals surface area contributed by atoms with Crippen LogP contribution in [0.2, 0.25) is 0 Å². The predicted molar refractivity (Wildman–Crippen MR) is 117 cm³/mol. The molecule has 3 aliphatic rings. The van der Waals surface area contributed by atoms with Crippen LogP contribution in [0.5, 0.6) is 0 Å². The van der Waals surface area contributed by atoms with Crippen molar-refractivity contribution in [1.82, 2.24) is 24.8 Å². The summed E-state index contributed by atoms with van der Waals surface area (Å²) in [5.41, 5.74) is 7.09. The largest absolute Gasteiger partial charge is 0.468 e. The highest BCUT2D eigenvalue weighted by molar-refractivity contribution is 7.99. The van der Waals surface area contributed by atoms with Gasteiger partial charge in [-0.05, 0) is 33.2 Å². The van der Waals surface area contributed by atoms with E-state index in [1.807, 2.05) is 18.4 Å².